The van der Waals surface area contributed by atoms with Gasteiger partial charge in [0.05, 0.1) is 6.54 Å². The Morgan fingerprint density at radius 1 is 1.13 bits per heavy atom. The Bertz CT molecular complexity index is 582. The summed E-state index contributed by atoms with van der Waals surface area (Å²) in [6.45, 7) is 3.61. The third-order valence-electron chi connectivity index (χ3n) is 4.91. The maximum absolute atomic E-state index is 12.0. The van der Waals surface area contributed by atoms with E-state index in [1.54, 1.807) is 0 Å². The third kappa shape index (κ3) is 3.82. The van der Waals surface area contributed by atoms with E-state index in [0.717, 1.165) is 45.4 Å². The number of fused-ring (bicyclic) bond motifs is 1. The van der Waals surface area contributed by atoms with Crippen LogP contribution in [0, 0.1) is 0 Å². The van der Waals surface area contributed by atoms with Gasteiger partial charge in [0.2, 0.25) is 5.91 Å². The summed E-state index contributed by atoms with van der Waals surface area (Å²) in [5.74, 6) is -0.0498. The summed E-state index contributed by atoms with van der Waals surface area (Å²) in [7, 11) is 0. The first kappa shape index (κ1) is 15.8. The van der Waals surface area contributed by atoms with Crippen molar-refractivity contribution in [2.45, 2.75) is 31.8 Å². The van der Waals surface area contributed by atoms with Gasteiger partial charge in [-0.2, -0.15) is 0 Å². The third-order valence-corrected chi connectivity index (χ3v) is 4.91. The molecule has 1 aromatic rings. The van der Waals surface area contributed by atoms with Crippen LogP contribution in [0.15, 0.2) is 24.3 Å². The molecule has 1 fully saturated rings. The van der Waals surface area contributed by atoms with Gasteiger partial charge in [-0.15, -0.1) is 0 Å². The molecule has 2 heterocycles. The summed E-state index contributed by atoms with van der Waals surface area (Å²) in [6, 6.07) is 8.54. The van der Waals surface area contributed by atoms with Gasteiger partial charge in [-0.25, -0.2) is 4.79 Å². The SMILES string of the molecule is NC(=O)NCC(=O)N1CCC(N2CCc3ccccc3C2)CC1. The molecule has 2 aliphatic rings. The van der Waals surface area contributed by atoms with Gasteiger partial charge in [-0.3, -0.25) is 9.69 Å². The summed E-state index contributed by atoms with van der Waals surface area (Å²) >= 11 is 0. The van der Waals surface area contributed by atoms with E-state index >= 15 is 0 Å². The number of carbonyl (C=O) groups excluding carboxylic acids is 2. The van der Waals surface area contributed by atoms with E-state index in [1.807, 2.05) is 4.90 Å². The average molecular weight is 316 g/mol. The largest absolute Gasteiger partial charge is 0.352 e. The van der Waals surface area contributed by atoms with Gasteiger partial charge >= 0.3 is 6.03 Å². The first-order valence-corrected chi connectivity index (χ1v) is 8.25. The zero-order valence-corrected chi connectivity index (χ0v) is 13.3. The minimum Gasteiger partial charge on any atom is -0.352 e. The Labute approximate surface area is 136 Å². The normalized spacial score (nSPS) is 19.2. The number of nitrogens with one attached hydrogen (secondary N) is 1. The Balaban J connectivity index is 1.50. The number of nitrogens with two attached hydrogens (primary N) is 1. The monoisotopic (exact) mass is 316 g/mol. The molecule has 3 rings (SSSR count). The van der Waals surface area contributed by atoms with E-state index in [-0.39, 0.29) is 12.5 Å². The van der Waals surface area contributed by atoms with Gasteiger partial charge < -0.3 is 16.0 Å². The molecule has 2 aliphatic heterocycles. The van der Waals surface area contributed by atoms with Crippen LogP contribution in [-0.2, 0) is 17.8 Å². The molecule has 6 nitrogen and oxygen atoms in total. The summed E-state index contributed by atoms with van der Waals surface area (Å²) in [5, 5.41) is 2.37. The summed E-state index contributed by atoms with van der Waals surface area (Å²) in [6.07, 6.45) is 3.09. The molecule has 23 heavy (non-hydrogen) atoms. The van der Waals surface area contributed by atoms with Crippen LogP contribution in [0.5, 0.6) is 0 Å². The lowest BCUT2D eigenvalue weighted by molar-refractivity contribution is -0.131. The first-order chi connectivity index (χ1) is 11.1. The number of urea groups is 1. The average Bonchev–Trinajstić information content (AvgIpc) is 2.59. The number of rotatable bonds is 3. The van der Waals surface area contributed by atoms with E-state index in [0.29, 0.717) is 6.04 Å². The molecule has 1 aromatic carbocycles. The quantitative estimate of drug-likeness (QED) is 0.862. The minimum atomic E-state index is -0.653. The number of primary amides is 1. The predicted octanol–water partition coefficient (Wildman–Crippen LogP) is 0.704. The molecule has 3 N–H and O–H groups in total. The maximum atomic E-state index is 12.0. The molecule has 0 saturated carbocycles. The molecule has 0 atom stereocenters. The lowest BCUT2D eigenvalue weighted by atomic mass is 9.95. The fourth-order valence-electron chi connectivity index (χ4n) is 3.58. The van der Waals surface area contributed by atoms with Crippen LogP contribution < -0.4 is 11.1 Å². The molecular weight excluding hydrogens is 292 g/mol. The highest BCUT2D eigenvalue weighted by atomic mass is 16.2. The Morgan fingerprint density at radius 3 is 2.52 bits per heavy atom. The highest BCUT2D eigenvalue weighted by molar-refractivity contribution is 5.83. The van der Waals surface area contributed by atoms with Gasteiger partial charge in [-0.1, -0.05) is 24.3 Å². The van der Waals surface area contributed by atoms with E-state index in [2.05, 4.69) is 34.5 Å². The molecular formula is C17H24N4O2. The number of likely N-dealkylation sites (tertiary alicyclic amines) is 1. The van der Waals surface area contributed by atoms with Gasteiger partial charge in [0.15, 0.2) is 0 Å². The highest BCUT2D eigenvalue weighted by Gasteiger charge is 2.28. The van der Waals surface area contributed by atoms with Crippen LogP contribution in [0.3, 0.4) is 0 Å². The number of carbonyl (C=O) groups is 2. The number of piperidine rings is 1. The van der Waals surface area contributed by atoms with E-state index in [1.165, 1.54) is 11.1 Å². The van der Waals surface area contributed by atoms with Crippen molar-refractivity contribution in [1.82, 2.24) is 15.1 Å². The lowest BCUT2D eigenvalue weighted by Crippen LogP contribution is -2.50. The minimum absolute atomic E-state index is 0.00289. The molecule has 3 amide bonds. The Hall–Kier alpha value is -2.08. The van der Waals surface area contributed by atoms with Crippen LogP contribution in [0.2, 0.25) is 0 Å². The second-order valence-corrected chi connectivity index (χ2v) is 6.32. The fourth-order valence-corrected chi connectivity index (χ4v) is 3.58. The Kier molecular flexibility index (Phi) is 4.81. The van der Waals surface area contributed by atoms with E-state index in [9.17, 15) is 9.59 Å². The number of hydrogen-bond acceptors (Lipinski definition) is 3. The number of benzene rings is 1. The molecule has 6 heteroatoms. The van der Waals surface area contributed by atoms with Crippen molar-refractivity contribution >= 4 is 11.9 Å². The van der Waals surface area contributed by atoms with Gasteiger partial charge in [0.1, 0.15) is 0 Å². The molecule has 0 bridgehead atoms. The number of hydrogen-bond donors (Lipinski definition) is 2. The van der Waals surface area contributed by atoms with E-state index < -0.39 is 6.03 Å². The smallest absolute Gasteiger partial charge is 0.312 e. The summed E-state index contributed by atoms with van der Waals surface area (Å²) in [4.78, 5) is 27.0. The van der Waals surface area contributed by atoms with E-state index in [4.69, 9.17) is 5.73 Å². The van der Waals surface area contributed by atoms with Crippen molar-refractivity contribution in [1.29, 1.82) is 0 Å². The standard InChI is InChI=1S/C17H24N4O2/c18-17(23)19-11-16(22)20-9-6-15(7-10-20)21-8-5-13-3-1-2-4-14(13)12-21/h1-4,15H,5-12H2,(H3,18,19,23). The van der Waals surface area contributed by atoms with Crippen molar-refractivity contribution < 1.29 is 9.59 Å². The van der Waals surface area contributed by atoms with Crippen LogP contribution >= 0.6 is 0 Å². The molecule has 0 spiro atoms. The van der Waals surface area contributed by atoms with Crippen LogP contribution in [-0.4, -0.2) is 54.0 Å². The van der Waals surface area contributed by atoms with Crippen molar-refractivity contribution in [3.8, 4) is 0 Å². The molecule has 0 radical (unpaired) electrons. The zero-order chi connectivity index (χ0) is 16.2. The van der Waals surface area contributed by atoms with Crippen LogP contribution in [0.4, 0.5) is 4.79 Å². The summed E-state index contributed by atoms with van der Waals surface area (Å²) < 4.78 is 0. The first-order valence-electron chi connectivity index (χ1n) is 8.25. The second-order valence-electron chi connectivity index (χ2n) is 6.32. The second kappa shape index (κ2) is 7.00. The van der Waals surface area contributed by atoms with Crippen molar-refractivity contribution in [3.63, 3.8) is 0 Å². The summed E-state index contributed by atoms with van der Waals surface area (Å²) in [5.41, 5.74) is 7.90. The molecule has 0 unspecified atom stereocenters. The van der Waals surface area contributed by atoms with Crippen molar-refractivity contribution in [2.75, 3.05) is 26.2 Å². The van der Waals surface area contributed by atoms with Gasteiger partial charge in [0.25, 0.3) is 0 Å². The number of nitrogens with zero attached hydrogens (tertiary/aromatic N) is 2. The van der Waals surface area contributed by atoms with Crippen LogP contribution in [0.1, 0.15) is 24.0 Å². The topological polar surface area (TPSA) is 78.7 Å². The van der Waals surface area contributed by atoms with Crippen molar-refractivity contribution in [3.05, 3.63) is 35.4 Å². The van der Waals surface area contributed by atoms with Crippen LogP contribution in [0.25, 0.3) is 0 Å². The zero-order valence-electron chi connectivity index (χ0n) is 13.3. The predicted molar refractivity (Wildman–Crippen MR) is 87.7 cm³/mol. The maximum Gasteiger partial charge on any atom is 0.312 e. The molecule has 0 aromatic heterocycles. The molecule has 124 valence electrons. The van der Waals surface area contributed by atoms with Gasteiger partial charge in [-0.05, 0) is 30.4 Å². The molecule has 1 saturated heterocycles. The number of amides is 3. The molecule has 0 aliphatic carbocycles. The highest BCUT2D eigenvalue weighted by Crippen LogP contribution is 2.24. The Morgan fingerprint density at radius 2 is 1.83 bits per heavy atom. The van der Waals surface area contributed by atoms with Crippen molar-refractivity contribution in [2.24, 2.45) is 5.73 Å². The van der Waals surface area contributed by atoms with Gasteiger partial charge in [0, 0.05) is 32.2 Å². The lowest BCUT2D eigenvalue weighted by Gasteiger charge is -2.40. The fraction of sp³-hybridized carbons (Fsp3) is 0.529.